The van der Waals surface area contributed by atoms with Crippen molar-refractivity contribution in [3.63, 3.8) is 0 Å². The van der Waals surface area contributed by atoms with E-state index in [1.165, 1.54) is 31.2 Å². The van der Waals surface area contributed by atoms with E-state index in [4.69, 9.17) is 17.0 Å². The number of nitrogens with one attached hydrogen (secondary N) is 2. The maximum Gasteiger partial charge on any atom is 0.257 e. The first-order valence-electron chi connectivity index (χ1n) is 9.92. The Morgan fingerprint density at radius 1 is 1.00 bits per heavy atom. The molecule has 0 spiro atoms. The summed E-state index contributed by atoms with van der Waals surface area (Å²) in [5, 5.41) is 6.07. The number of carbonyl (C=O) groups excluding carboxylic acids is 1. The van der Waals surface area contributed by atoms with Crippen molar-refractivity contribution in [2.75, 3.05) is 11.9 Å². The first-order valence-corrected chi connectivity index (χ1v) is 10.3. The van der Waals surface area contributed by atoms with Crippen LogP contribution >= 0.6 is 12.2 Å². The zero-order valence-electron chi connectivity index (χ0n) is 17.0. The van der Waals surface area contributed by atoms with Gasteiger partial charge in [0, 0.05) is 11.3 Å². The van der Waals surface area contributed by atoms with Gasteiger partial charge in [0.25, 0.3) is 5.91 Å². The highest BCUT2D eigenvalue weighted by molar-refractivity contribution is 7.80. The number of thiocarbonyl (C=S) groups is 1. The molecule has 0 aliphatic rings. The van der Waals surface area contributed by atoms with Crippen LogP contribution < -0.4 is 15.4 Å². The minimum Gasteiger partial charge on any atom is -0.494 e. The van der Waals surface area contributed by atoms with Gasteiger partial charge in [-0.25, -0.2) is 0 Å². The van der Waals surface area contributed by atoms with Crippen LogP contribution in [0.2, 0.25) is 0 Å². The summed E-state index contributed by atoms with van der Waals surface area (Å²) in [6.45, 7) is 6.96. The Balaban J connectivity index is 1.79. The maximum atomic E-state index is 12.4. The fourth-order valence-corrected chi connectivity index (χ4v) is 3.08. The van der Waals surface area contributed by atoms with Gasteiger partial charge < -0.3 is 10.1 Å². The summed E-state index contributed by atoms with van der Waals surface area (Å²) >= 11 is 5.26. The largest absolute Gasteiger partial charge is 0.494 e. The van der Waals surface area contributed by atoms with Gasteiger partial charge in [0.2, 0.25) is 0 Å². The minimum absolute atomic E-state index is 0.242. The van der Waals surface area contributed by atoms with Gasteiger partial charge in [-0.3, -0.25) is 10.1 Å². The van der Waals surface area contributed by atoms with E-state index in [0.717, 1.165) is 23.4 Å². The highest BCUT2D eigenvalue weighted by Gasteiger charge is 2.09. The molecule has 0 unspecified atom stereocenters. The molecule has 150 valence electrons. The maximum absolute atomic E-state index is 12.4. The third-order valence-corrected chi connectivity index (χ3v) is 4.69. The van der Waals surface area contributed by atoms with Crippen molar-refractivity contribution in [2.45, 2.75) is 52.9 Å². The first kappa shape index (κ1) is 21.9. The zero-order valence-corrected chi connectivity index (χ0v) is 17.8. The van der Waals surface area contributed by atoms with Crippen molar-refractivity contribution < 1.29 is 9.53 Å². The number of aryl methyl sites for hydroxylation is 2. The van der Waals surface area contributed by atoms with Crippen LogP contribution in [0.1, 0.15) is 60.5 Å². The molecule has 2 rings (SSSR count). The Morgan fingerprint density at radius 3 is 2.39 bits per heavy atom. The SMILES string of the molecule is CCCCCCCOc1ccc(C(=O)NC(=S)Nc2ccc(C)cc2C)cc1. The molecule has 2 N–H and O–H groups in total. The summed E-state index contributed by atoms with van der Waals surface area (Å²) in [7, 11) is 0. The Labute approximate surface area is 173 Å². The smallest absolute Gasteiger partial charge is 0.257 e. The van der Waals surface area contributed by atoms with E-state index >= 15 is 0 Å². The molecule has 0 saturated heterocycles. The second kappa shape index (κ2) is 11.4. The van der Waals surface area contributed by atoms with Crippen LogP contribution in [0.15, 0.2) is 42.5 Å². The van der Waals surface area contributed by atoms with E-state index in [1.807, 2.05) is 38.1 Å². The van der Waals surface area contributed by atoms with Crippen LogP contribution in [0.5, 0.6) is 5.75 Å². The lowest BCUT2D eigenvalue weighted by molar-refractivity contribution is 0.0977. The molecule has 0 radical (unpaired) electrons. The number of hydrogen-bond donors (Lipinski definition) is 2. The summed E-state index contributed by atoms with van der Waals surface area (Å²) in [5.41, 5.74) is 3.69. The number of ether oxygens (including phenoxy) is 1. The number of hydrogen-bond acceptors (Lipinski definition) is 3. The lowest BCUT2D eigenvalue weighted by Crippen LogP contribution is -2.34. The highest BCUT2D eigenvalue weighted by atomic mass is 32.1. The third kappa shape index (κ3) is 7.31. The standard InChI is InChI=1S/C23H30N2O2S/c1-4-5-6-7-8-15-27-20-12-10-19(11-13-20)22(26)25-23(28)24-21-14-9-17(2)16-18(21)3/h9-14,16H,4-8,15H2,1-3H3,(H2,24,25,26,28). The molecule has 0 aliphatic carbocycles. The summed E-state index contributed by atoms with van der Waals surface area (Å²) in [6.07, 6.45) is 6.03. The van der Waals surface area contributed by atoms with Crippen molar-refractivity contribution in [3.8, 4) is 5.75 Å². The fraction of sp³-hybridized carbons (Fsp3) is 0.391. The van der Waals surface area contributed by atoms with Crippen LogP contribution in [0.3, 0.4) is 0 Å². The molecular formula is C23H30N2O2S. The van der Waals surface area contributed by atoms with Gasteiger partial charge in [-0.15, -0.1) is 0 Å². The van der Waals surface area contributed by atoms with Gasteiger partial charge in [0.05, 0.1) is 6.61 Å². The molecule has 1 amide bonds. The Kier molecular flexibility index (Phi) is 8.95. The molecule has 0 saturated carbocycles. The van der Waals surface area contributed by atoms with Crippen LogP contribution in [-0.4, -0.2) is 17.6 Å². The molecule has 5 heteroatoms. The van der Waals surface area contributed by atoms with Crippen molar-refractivity contribution in [3.05, 3.63) is 59.2 Å². The number of unbranched alkanes of at least 4 members (excludes halogenated alkanes) is 4. The molecule has 0 aliphatic heterocycles. The molecule has 0 aromatic heterocycles. The van der Waals surface area contributed by atoms with E-state index in [1.54, 1.807) is 12.1 Å². The highest BCUT2D eigenvalue weighted by Crippen LogP contribution is 2.16. The van der Waals surface area contributed by atoms with Crippen LogP contribution in [0, 0.1) is 13.8 Å². The summed E-state index contributed by atoms with van der Waals surface area (Å²) in [6, 6.07) is 13.2. The summed E-state index contributed by atoms with van der Waals surface area (Å²) < 4.78 is 5.73. The van der Waals surface area contributed by atoms with Gasteiger partial charge in [-0.05, 0) is 68.4 Å². The molecule has 0 atom stereocenters. The van der Waals surface area contributed by atoms with E-state index in [-0.39, 0.29) is 11.0 Å². The molecule has 2 aromatic carbocycles. The third-order valence-electron chi connectivity index (χ3n) is 4.49. The lowest BCUT2D eigenvalue weighted by atomic mass is 10.1. The predicted molar refractivity (Wildman–Crippen MR) is 120 cm³/mol. The topological polar surface area (TPSA) is 50.4 Å². The Hall–Kier alpha value is -2.40. The minimum atomic E-state index is -0.242. The second-order valence-corrected chi connectivity index (χ2v) is 7.42. The van der Waals surface area contributed by atoms with Gasteiger partial charge >= 0.3 is 0 Å². The van der Waals surface area contributed by atoms with E-state index < -0.39 is 0 Å². The van der Waals surface area contributed by atoms with Gasteiger partial charge in [0.15, 0.2) is 5.11 Å². The van der Waals surface area contributed by atoms with E-state index in [9.17, 15) is 4.79 Å². The zero-order chi connectivity index (χ0) is 20.4. The molecule has 0 heterocycles. The van der Waals surface area contributed by atoms with Crippen molar-refractivity contribution >= 4 is 28.9 Å². The van der Waals surface area contributed by atoms with Crippen LogP contribution in [0.4, 0.5) is 5.69 Å². The first-order chi connectivity index (χ1) is 13.5. The average Bonchev–Trinajstić information content (AvgIpc) is 2.67. The van der Waals surface area contributed by atoms with Crippen LogP contribution in [0.25, 0.3) is 0 Å². The Bertz CT molecular complexity index is 788. The fourth-order valence-electron chi connectivity index (χ4n) is 2.88. The molecule has 0 fully saturated rings. The Morgan fingerprint density at radius 2 is 1.71 bits per heavy atom. The summed E-state index contributed by atoms with van der Waals surface area (Å²) in [4.78, 5) is 12.4. The molecule has 4 nitrogen and oxygen atoms in total. The summed E-state index contributed by atoms with van der Waals surface area (Å²) in [5.74, 6) is 0.538. The molecular weight excluding hydrogens is 368 g/mol. The number of benzene rings is 2. The molecule has 2 aromatic rings. The van der Waals surface area contributed by atoms with Crippen LogP contribution in [-0.2, 0) is 0 Å². The predicted octanol–water partition coefficient (Wildman–Crippen LogP) is 5.78. The number of rotatable bonds is 9. The van der Waals surface area contributed by atoms with E-state index in [0.29, 0.717) is 12.2 Å². The van der Waals surface area contributed by atoms with Crippen molar-refractivity contribution in [1.29, 1.82) is 0 Å². The monoisotopic (exact) mass is 398 g/mol. The van der Waals surface area contributed by atoms with E-state index in [2.05, 4.69) is 23.6 Å². The van der Waals surface area contributed by atoms with Gasteiger partial charge in [-0.2, -0.15) is 0 Å². The number of amides is 1. The molecule has 0 bridgehead atoms. The normalized spacial score (nSPS) is 10.4. The average molecular weight is 399 g/mol. The van der Waals surface area contributed by atoms with Gasteiger partial charge in [0.1, 0.15) is 5.75 Å². The number of carbonyl (C=O) groups is 1. The second-order valence-electron chi connectivity index (χ2n) is 7.01. The van der Waals surface area contributed by atoms with Crippen molar-refractivity contribution in [2.24, 2.45) is 0 Å². The van der Waals surface area contributed by atoms with Crippen molar-refractivity contribution in [1.82, 2.24) is 5.32 Å². The molecule has 28 heavy (non-hydrogen) atoms. The quantitative estimate of drug-likeness (QED) is 0.415. The lowest BCUT2D eigenvalue weighted by Gasteiger charge is -2.12. The number of anilines is 1. The van der Waals surface area contributed by atoms with Gasteiger partial charge in [-0.1, -0.05) is 50.3 Å².